The van der Waals surface area contributed by atoms with E-state index in [1.54, 1.807) is 66.0 Å². The van der Waals surface area contributed by atoms with Crippen LogP contribution in [0.1, 0.15) is 47.7 Å². The Kier molecular flexibility index (Phi) is 21.4. The molecule has 18 nitrogen and oxygen atoms in total. The molecule has 398 valence electrons. The van der Waals surface area contributed by atoms with Gasteiger partial charge in [-0.25, -0.2) is 5.06 Å². The molecule has 18 heteroatoms. The number of nitrogens with zero attached hydrogens (tertiary/aromatic N) is 3. The second kappa shape index (κ2) is 28.3. The number of hydrogen-bond acceptors (Lipinski definition) is 17. The summed E-state index contributed by atoms with van der Waals surface area (Å²) in [4.78, 5) is 34.9. The Balaban J connectivity index is 0.000000195. The van der Waals surface area contributed by atoms with Crippen LogP contribution in [0.4, 0.5) is 11.4 Å². The number of carbonyl (C=O) groups excluding carboxylic acids is 2. The van der Waals surface area contributed by atoms with E-state index in [4.69, 9.17) is 61.0 Å². The SMILES string of the molecule is CCOc1c(OC)cc(-c2ccc(C(=O)C(OC)c3ccc(N4CCOCC4)cc3)o2)cc1OC.CCOc1c(OC)cc(-c2ccco2)cc1OC.COC(C(=O)N(C)OC)c1ccc(N2CCOCC2)cc1. The van der Waals surface area contributed by atoms with E-state index in [2.05, 4.69) is 9.80 Å². The predicted molar refractivity (Wildman–Crippen MR) is 279 cm³/mol. The van der Waals surface area contributed by atoms with Gasteiger partial charge in [-0.15, -0.1) is 0 Å². The van der Waals surface area contributed by atoms with Crippen LogP contribution in [0.2, 0.25) is 0 Å². The molecule has 2 fully saturated rings. The Morgan fingerprint density at radius 2 is 1.00 bits per heavy atom. The lowest BCUT2D eigenvalue weighted by atomic mass is 10.0. The van der Waals surface area contributed by atoms with Crippen molar-refractivity contribution in [3.63, 3.8) is 0 Å². The molecule has 74 heavy (non-hydrogen) atoms. The second-order valence-electron chi connectivity index (χ2n) is 16.4. The number of furan rings is 2. The van der Waals surface area contributed by atoms with Gasteiger partial charge in [0.25, 0.3) is 5.91 Å². The zero-order valence-electron chi connectivity index (χ0n) is 44.0. The summed E-state index contributed by atoms with van der Waals surface area (Å²) >= 11 is 0. The first kappa shape index (κ1) is 56.1. The molecule has 0 aliphatic carbocycles. The smallest absolute Gasteiger partial charge is 0.279 e. The van der Waals surface area contributed by atoms with Gasteiger partial charge in [0.05, 0.1) is 81.5 Å². The van der Waals surface area contributed by atoms with Gasteiger partial charge in [-0.3, -0.25) is 14.4 Å². The fraction of sp³-hybridized carbons (Fsp3) is 0.393. The zero-order chi connectivity index (χ0) is 53.0. The Bertz CT molecular complexity index is 2590. The first-order valence-corrected chi connectivity index (χ1v) is 24.2. The monoisotopic (exact) mass is 1020 g/mol. The van der Waals surface area contributed by atoms with Gasteiger partial charge in [-0.2, -0.15) is 0 Å². The number of hydroxylamine groups is 2. The van der Waals surface area contributed by atoms with E-state index in [9.17, 15) is 9.59 Å². The topological polar surface area (TPSA) is 172 Å². The van der Waals surface area contributed by atoms with Gasteiger partial charge in [0.1, 0.15) is 17.6 Å². The molecule has 2 unspecified atom stereocenters. The molecule has 1 amide bonds. The van der Waals surface area contributed by atoms with E-state index in [0.29, 0.717) is 72.2 Å². The standard InChI is InChI=1S/C27H31NO7.C15H22N2O4.C14H16O4/c1-5-34-27-23(30-2)16-19(17-24(27)31-3)21-10-11-22(35-21)25(29)26(32-4)18-6-8-20(9-7-18)28-12-14-33-15-13-28;1-16(20-3)15(18)14(19-2)12-4-6-13(7-5-12)17-8-10-21-11-9-17;1-4-17-14-12(15-2)8-10(9-13(14)16-3)11-6-5-7-18-11/h6-11,16-17,26H,5,12-15H2,1-4H3;4-7,14H,8-11H2,1-3H3;5-9H,4H2,1-3H3. The first-order valence-electron chi connectivity index (χ1n) is 24.2. The van der Waals surface area contributed by atoms with Crippen LogP contribution in [-0.2, 0) is 28.6 Å². The summed E-state index contributed by atoms with van der Waals surface area (Å²) in [5.41, 5.74) is 5.38. The third kappa shape index (κ3) is 14.1. The van der Waals surface area contributed by atoms with Crippen molar-refractivity contribution < 1.29 is 70.6 Å². The van der Waals surface area contributed by atoms with E-state index in [1.165, 1.54) is 26.4 Å². The van der Waals surface area contributed by atoms with Crippen LogP contribution in [0.15, 0.2) is 112 Å². The molecule has 0 N–H and O–H groups in total. The van der Waals surface area contributed by atoms with Crippen LogP contribution in [0, 0.1) is 0 Å². The highest BCUT2D eigenvalue weighted by Crippen LogP contribution is 2.43. The minimum Gasteiger partial charge on any atom is -0.493 e. The number of hydrogen-bond donors (Lipinski definition) is 0. The highest BCUT2D eigenvalue weighted by Gasteiger charge is 2.27. The summed E-state index contributed by atoms with van der Waals surface area (Å²) in [6, 6.07) is 30.1. The Labute approximate surface area is 433 Å². The van der Waals surface area contributed by atoms with E-state index < -0.39 is 12.2 Å². The molecule has 0 spiro atoms. The van der Waals surface area contributed by atoms with Crippen LogP contribution >= 0.6 is 0 Å². The van der Waals surface area contributed by atoms with Crippen molar-refractivity contribution in [2.75, 3.05) is 132 Å². The van der Waals surface area contributed by atoms with Crippen LogP contribution in [0.25, 0.3) is 22.6 Å². The van der Waals surface area contributed by atoms with E-state index in [-0.39, 0.29) is 17.5 Å². The Morgan fingerprint density at radius 1 is 0.568 bits per heavy atom. The maximum Gasteiger partial charge on any atom is 0.279 e. The minimum atomic E-state index is -0.780. The Morgan fingerprint density at radius 3 is 1.38 bits per heavy atom. The molecule has 0 radical (unpaired) electrons. The van der Waals surface area contributed by atoms with Crippen LogP contribution < -0.4 is 38.2 Å². The second-order valence-corrected chi connectivity index (χ2v) is 16.4. The summed E-state index contributed by atoms with van der Waals surface area (Å²) in [5.74, 6) is 4.38. The highest BCUT2D eigenvalue weighted by atomic mass is 16.7. The number of ketones is 1. The summed E-state index contributed by atoms with van der Waals surface area (Å²) in [6.07, 6.45) is 0.191. The molecule has 6 aromatic rings. The third-order valence-corrected chi connectivity index (χ3v) is 12.1. The summed E-state index contributed by atoms with van der Waals surface area (Å²) in [5, 5.41) is 1.17. The lowest BCUT2D eigenvalue weighted by Gasteiger charge is -2.29. The molecule has 2 aliphatic rings. The van der Waals surface area contributed by atoms with Crippen molar-refractivity contribution in [2.45, 2.75) is 26.1 Å². The minimum absolute atomic E-state index is 0.205. The number of methoxy groups -OCH3 is 6. The van der Waals surface area contributed by atoms with Crippen molar-refractivity contribution in [1.82, 2.24) is 5.06 Å². The Hall–Kier alpha value is -7.22. The van der Waals surface area contributed by atoms with E-state index in [1.807, 2.05) is 86.6 Å². The fourth-order valence-electron chi connectivity index (χ4n) is 8.21. The number of likely N-dealkylation sites (N-methyl/N-ethyl adjacent to an activating group) is 1. The average molecular weight is 1020 g/mol. The van der Waals surface area contributed by atoms with Crippen molar-refractivity contribution >= 4 is 23.1 Å². The van der Waals surface area contributed by atoms with Gasteiger partial charge in [0.2, 0.25) is 17.3 Å². The molecule has 2 aliphatic heterocycles. The number of benzene rings is 4. The predicted octanol–water partition coefficient (Wildman–Crippen LogP) is 9.36. The number of anilines is 2. The quantitative estimate of drug-likeness (QED) is 0.0523. The molecule has 0 saturated carbocycles. The number of ether oxygens (including phenoxy) is 10. The van der Waals surface area contributed by atoms with Crippen molar-refractivity contribution in [2.24, 2.45) is 0 Å². The number of amides is 1. The zero-order valence-corrected chi connectivity index (χ0v) is 44.0. The lowest BCUT2D eigenvalue weighted by molar-refractivity contribution is -0.179. The maximum atomic E-state index is 13.3. The van der Waals surface area contributed by atoms with Gasteiger partial charge in [0.15, 0.2) is 34.9 Å². The maximum absolute atomic E-state index is 13.3. The number of morpholine rings is 2. The lowest BCUT2D eigenvalue weighted by Crippen LogP contribution is -2.36. The first-order chi connectivity index (χ1) is 36.1. The van der Waals surface area contributed by atoms with Gasteiger partial charge in [0, 0.05) is 69.9 Å². The normalized spacial score (nSPS) is 14.0. The number of rotatable bonds is 20. The molecule has 2 aromatic heterocycles. The van der Waals surface area contributed by atoms with Crippen LogP contribution in [0.5, 0.6) is 34.5 Å². The molecule has 0 bridgehead atoms. The molecular formula is C56H69N3O15. The van der Waals surface area contributed by atoms with Gasteiger partial charge < -0.3 is 66.0 Å². The highest BCUT2D eigenvalue weighted by molar-refractivity contribution is 5.98. The van der Waals surface area contributed by atoms with Gasteiger partial charge in [-0.05, 0) is 97.8 Å². The van der Waals surface area contributed by atoms with Gasteiger partial charge in [-0.1, -0.05) is 24.3 Å². The molecule has 4 heterocycles. The summed E-state index contributed by atoms with van der Waals surface area (Å²) in [7, 11) is 12.4. The van der Waals surface area contributed by atoms with Crippen LogP contribution in [0.3, 0.4) is 0 Å². The molecular weight excluding hydrogens is 955 g/mol. The molecule has 2 saturated heterocycles. The average Bonchev–Trinajstić information content (AvgIpc) is 4.19. The van der Waals surface area contributed by atoms with Crippen molar-refractivity contribution in [3.8, 4) is 57.1 Å². The van der Waals surface area contributed by atoms with E-state index >= 15 is 0 Å². The molecule has 2 atom stereocenters. The third-order valence-electron chi connectivity index (χ3n) is 12.1. The van der Waals surface area contributed by atoms with Crippen molar-refractivity contribution in [3.05, 3.63) is 120 Å². The fourth-order valence-corrected chi connectivity index (χ4v) is 8.21. The summed E-state index contributed by atoms with van der Waals surface area (Å²) in [6.45, 7) is 11.2. The number of Topliss-reactive ketones (excluding diaryl/α,β-unsaturated/α-hetero) is 1. The number of carbonyl (C=O) groups is 2. The van der Waals surface area contributed by atoms with E-state index in [0.717, 1.165) is 73.2 Å². The van der Waals surface area contributed by atoms with Crippen LogP contribution in [-0.4, -0.2) is 139 Å². The largest absolute Gasteiger partial charge is 0.493 e. The van der Waals surface area contributed by atoms with Crippen molar-refractivity contribution in [1.29, 1.82) is 0 Å². The summed E-state index contributed by atoms with van der Waals surface area (Å²) < 4.78 is 65.8. The van der Waals surface area contributed by atoms with Gasteiger partial charge >= 0.3 is 0 Å². The molecule has 4 aromatic carbocycles. The molecule has 8 rings (SSSR count).